The Morgan fingerprint density at radius 3 is 2.60 bits per heavy atom. The standard InChI is InChI=1S/C17H18N2S/c1-2-9-18(8-1)15-5-10-19(11-6-15)16-3-4-17-14(13-16)7-12-20-17/h1-4,7-9,12-13,15H,5-6,10-11H2. The molecule has 0 unspecified atom stereocenters. The minimum atomic E-state index is 0.672. The van der Waals surface area contributed by atoms with Crippen LogP contribution in [0.5, 0.6) is 0 Å². The van der Waals surface area contributed by atoms with Gasteiger partial charge in [0.2, 0.25) is 0 Å². The lowest BCUT2D eigenvalue weighted by Gasteiger charge is -2.34. The summed E-state index contributed by atoms with van der Waals surface area (Å²) in [7, 11) is 0. The lowest BCUT2D eigenvalue weighted by Crippen LogP contribution is -2.34. The Balaban J connectivity index is 1.50. The van der Waals surface area contributed by atoms with E-state index in [1.165, 1.54) is 28.6 Å². The molecule has 1 aliphatic rings. The van der Waals surface area contributed by atoms with Crippen LogP contribution in [0.1, 0.15) is 18.9 Å². The highest BCUT2D eigenvalue weighted by Crippen LogP contribution is 2.30. The molecule has 3 heterocycles. The van der Waals surface area contributed by atoms with E-state index in [1.54, 1.807) is 0 Å². The second kappa shape index (κ2) is 4.98. The summed E-state index contributed by atoms with van der Waals surface area (Å²) in [6.45, 7) is 2.30. The van der Waals surface area contributed by atoms with Crippen LogP contribution in [-0.2, 0) is 0 Å². The predicted molar refractivity (Wildman–Crippen MR) is 86.7 cm³/mol. The number of benzene rings is 1. The van der Waals surface area contributed by atoms with Crippen molar-refractivity contribution in [3.05, 3.63) is 54.2 Å². The predicted octanol–water partition coefficient (Wildman–Crippen LogP) is 4.54. The van der Waals surface area contributed by atoms with Gasteiger partial charge in [-0.05, 0) is 60.0 Å². The van der Waals surface area contributed by atoms with Crippen LogP contribution in [0.4, 0.5) is 5.69 Å². The first-order valence-corrected chi connectivity index (χ1v) is 8.13. The zero-order valence-electron chi connectivity index (χ0n) is 11.4. The Morgan fingerprint density at radius 1 is 1.00 bits per heavy atom. The van der Waals surface area contributed by atoms with Gasteiger partial charge < -0.3 is 9.47 Å². The number of nitrogens with zero attached hydrogens (tertiary/aromatic N) is 2. The van der Waals surface area contributed by atoms with Crippen molar-refractivity contribution < 1.29 is 0 Å². The quantitative estimate of drug-likeness (QED) is 0.669. The highest BCUT2D eigenvalue weighted by molar-refractivity contribution is 7.17. The van der Waals surface area contributed by atoms with E-state index in [4.69, 9.17) is 0 Å². The number of hydrogen-bond donors (Lipinski definition) is 0. The van der Waals surface area contributed by atoms with E-state index < -0.39 is 0 Å². The third-order valence-corrected chi connectivity index (χ3v) is 5.21. The zero-order chi connectivity index (χ0) is 13.4. The Hall–Kier alpha value is -1.74. The third kappa shape index (κ3) is 2.12. The van der Waals surface area contributed by atoms with Gasteiger partial charge in [-0.2, -0.15) is 0 Å². The molecule has 0 atom stereocenters. The Morgan fingerprint density at radius 2 is 1.80 bits per heavy atom. The molecule has 2 nitrogen and oxygen atoms in total. The van der Waals surface area contributed by atoms with E-state index in [0.717, 1.165) is 13.1 Å². The van der Waals surface area contributed by atoms with Crippen LogP contribution in [0, 0.1) is 0 Å². The number of anilines is 1. The van der Waals surface area contributed by atoms with Crippen molar-refractivity contribution in [2.45, 2.75) is 18.9 Å². The van der Waals surface area contributed by atoms with Crippen molar-refractivity contribution >= 4 is 27.1 Å². The first kappa shape index (κ1) is 12.0. The molecule has 1 saturated heterocycles. The summed E-state index contributed by atoms with van der Waals surface area (Å²) in [5, 5.41) is 3.55. The molecule has 0 amide bonds. The molecule has 3 aromatic rings. The number of hydrogen-bond acceptors (Lipinski definition) is 2. The Kier molecular flexibility index (Phi) is 3.00. The van der Waals surface area contributed by atoms with Crippen LogP contribution in [0.2, 0.25) is 0 Å². The maximum atomic E-state index is 2.52. The van der Waals surface area contributed by atoms with Gasteiger partial charge in [0, 0.05) is 41.9 Å². The third-order valence-electron chi connectivity index (χ3n) is 4.31. The summed E-state index contributed by atoms with van der Waals surface area (Å²) in [4.78, 5) is 2.52. The van der Waals surface area contributed by atoms with Crippen LogP contribution < -0.4 is 4.90 Å². The second-order valence-electron chi connectivity index (χ2n) is 5.49. The average Bonchev–Trinajstić information content (AvgIpc) is 3.18. The lowest BCUT2D eigenvalue weighted by molar-refractivity contribution is 0.397. The average molecular weight is 282 g/mol. The van der Waals surface area contributed by atoms with Gasteiger partial charge in [-0.1, -0.05) is 0 Å². The van der Waals surface area contributed by atoms with Crippen LogP contribution in [-0.4, -0.2) is 17.7 Å². The van der Waals surface area contributed by atoms with Crippen molar-refractivity contribution in [1.82, 2.24) is 4.57 Å². The fraction of sp³-hybridized carbons (Fsp3) is 0.294. The smallest absolute Gasteiger partial charge is 0.0373 e. The van der Waals surface area contributed by atoms with E-state index in [1.807, 2.05) is 11.3 Å². The summed E-state index contributed by atoms with van der Waals surface area (Å²) in [6.07, 6.45) is 6.85. The van der Waals surface area contributed by atoms with E-state index in [2.05, 4.69) is 63.6 Å². The second-order valence-corrected chi connectivity index (χ2v) is 6.44. The van der Waals surface area contributed by atoms with E-state index in [-0.39, 0.29) is 0 Å². The summed E-state index contributed by atoms with van der Waals surface area (Å²) < 4.78 is 3.75. The van der Waals surface area contributed by atoms with Crippen LogP contribution >= 0.6 is 11.3 Å². The molecule has 0 N–H and O–H groups in total. The van der Waals surface area contributed by atoms with Crippen molar-refractivity contribution in [3.63, 3.8) is 0 Å². The normalized spacial score (nSPS) is 16.9. The molecule has 0 saturated carbocycles. The van der Waals surface area contributed by atoms with Crippen molar-refractivity contribution in [2.75, 3.05) is 18.0 Å². The molecule has 0 bridgehead atoms. The molecule has 2 aromatic heterocycles. The van der Waals surface area contributed by atoms with Gasteiger partial charge >= 0.3 is 0 Å². The molecule has 3 heteroatoms. The minimum absolute atomic E-state index is 0.672. The fourth-order valence-corrected chi connectivity index (χ4v) is 3.94. The van der Waals surface area contributed by atoms with Gasteiger partial charge in [0.25, 0.3) is 0 Å². The molecular formula is C17H18N2S. The maximum absolute atomic E-state index is 2.52. The topological polar surface area (TPSA) is 8.17 Å². The summed E-state index contributed by atoms with van der Waals surface area (Å²) in [5.74, 6) is 0. The van der Waals surface area contributed by atoms with Crippen LogP contribution in [0.15, 0.2) is 54.2 Å². The van der Waals surface area contributed by atoms with Gasteiger partial charge in [-0.25, -0.2) is 0 Å². The number of aromatic nitrogens is 1. The lowest BCUT2D eigenvalue weighted by atomic mass is 10.0. The first-order valence-electron chi connectivity index (χ1n) is 7.25. The van der Waals surface area contributed by atoms with Gasteiger partial charge in [0.1, 0.15) is 0 Å². The van der Waals surface area contributed by atoms with Crippen molar-refractivity contribution in [1.29, 1.82) is 0 Å². The Labute approximate surface area is 123 Å². The summed E-state index contributed by atoms with van der Waals surface area (Å²) in [5.41, 5.74) is 1.38. The fourth-order valence-electron chi connectivity index (χ4n) is 3.16. The molecule has 102 valence electrons. The van der Waals surface area contributed by atoms with E-state index >= 15 is 0 Å². The SMILES string of the molecule is c1ccn(C2CCN(c3ccc4sccc4c3)CC2)c1. The molecule has 4 rings (SSSR count). The Bertz CT molecular complexity index is 691. The largest absolute Gasteiger partial charge is 0.371 e. The van der Waals surface area contributed by atoms with Gasteiger partial charge in [-0.3, -0.25) is 0 Å². The molecule has 0 aliphatic carbocycles. The van der Waals surface area contributed by atoms with Crippen LogP contribution in [0.25, 0.3) is 10.1 Å². The van der Waals surface area contributed by atoms with Gasteiger partial charge in [-0.15, -0.1) is 11.3 Å². The molecular weight excluding hydrogens is 264 g/mol. The first-order chi connectivity index (χ1) is 9.90. The molecule has 1 aliphatic heterocycles. The van der Waals surface area contributed by atoms with E-state index in [0.29, 0.717) is 6.04 Å². The number of rotatable bonds is 2. The van der Waals surface area contributed by atoms with Crippen molar-refractivity contribution in [2.24, 2.45) is 0 Å². The molecule has 0 spiro atoms. The zero-order valence-corrected chi connectivity index (χ0v) is 12.2. The van der Waals surface area contributed by atoms with E-state index in [9.17, 15) is 0 Å². The molecule has 1 fully saturated rings. The minimum Gasteiger partial charge on any atom is -0.371 e. The number of fused-ring (bicyclic) bond motifs is 1. The maximum Gasteiger partial charge on any atom is 0.0373 e. The van der Waals surface area contributed by atoms with Crippen LogP contribution in [0.3, 0.4) is 0 Å². The highest BCUT2D eigenvalue weighted by atomic mass is 32.1. The number of thiophene rings is 1. The molecule has 0 radical (unpaired) electrons. The monoisotopic (exact) mass is 282 g/mol. The van der Waals surface area contributed by atoms with Crippen molar-refractivity contribution in [3.8, 4) is 0 Å². The van der Waals surface area contributed by atoms with Gasteiger partial charge in [0.15, 0.2) is 0 Å². The van der Waals surface area contributed by atoms with Gasteiger partial charge in [0.05, 0.1) is 0 Å². The highest BCUT2D eigenvalue weighted by Gasteiger charge is 2.20. The molecule has 20 heavy (non-hydrogen) atoms. The summed E-state index contributed by atoms with van der Waals surface area (Å²) in [6, 6.07) is 14.0. The summed E-state index contributed by atoms with van der Waals surface area (Å²) >= 11 is 1.82. The number of piperidine rings is 1. The molecule has 1 aromatic carbocycles.